The van der Waals surface area contributed by atoms with Gasteiger partial charge >= 0.3 is 11.8 Å². The number of sulfonamides is 1. The smallest absolute Gasteiger partial charge is 0.316 e. The van der Waals surface area contributed by atoms with Gasteiger partial charge in [-0.3, -0.25) is 9.10 Å². The second-order valence-electron chi connectivity index (χ2n) is 9.09. The van der Waals surface area contributed by atoms with E-state index >= 15 is 0 Å². The van der Waals surface area contributed by atoms with E-state index in [1.165, 1.54) is 4.31 Å². The summed E-state index contributed by atoms with van der Waals surface area (Å²) < 4.78 is 34.3. The van der Waals surface area contributed by atoms with Crippen LogP contribution in [0.2, 0.25) is 0 Å². The number of nitrogens with zero attached hydrogens (tertiary/aromatic N) is 4. The Morgan fingerprint density at radius 3 is 2.56 bits per heavy atom. The summed E-state index contributed by atoms with van der Waals surface area (Å²) in [7, 11) is -3.82. The molecule has 9 heteroatoms. The topological polar surface area (TPSA) is 96.6 Å². The fraction of sp³-hybridized carbons (Fsp3) is 0.400. The van der Waals surface area contributed by atoms with Crippen LogP contribution in [0.25, 0.3) is 11.4 Å². The van der Waals surface area contributed by atoms with Gasteiger partial charge in [0.1, 0.15) is 0 Å². The summed E-state index contributed by atoms with van der Waals surface area (Å²) in [5.41, 5.74) is 2.85. The quantitative estimate of drug-likeness (QED) is 0.555. The van der Waals surface area contributed by atoms with Crippen molar-refractivity contribution in [2.45, 2.75) is 56.9 Å². The number of hydrogen-bond donors (Lipinski definition) is 0. The second kappa shape index (κ2) is 8.87. The van der Waals surface area contributed by atoms with E-state index < -0.39 is 10.0 Å². The van der Waals surface area contributed by atoms with Gasteiger partial charge in [0.15, 0.2) is 0 Å². The van der Waals surface area contributed by atoms with Gasteiger partial charge in [-0.1, -0.05) is 48.3 Å². The van der Waals surface area contributed by atoms with Crippen molar-refractivity contribution >= 4 is 21.6 Å². The Kier molecular flexibility index (Phi) is 5.89. The molecule has 0 aliphatic carbocycles. The van der Waals surface area contributed by atoms with Crippen LogP contribution in [0.4, 0.5) is 5.69 Å². The molecule has 8 nitrogen and oxygen atoms in total. The Bertz CT molecular complexity index is 1330. The van der Waals surface area contributed by atoms with Gasteiger partial charge < -0.3 is 9.42 Å². The lowest BCUT2D eigenvalue weighted by molar-refractivity contribution is 0.0711. The highest BCUT2D eigenvalue weighted by Crippen LogP contribution is 2.38. The Morgan fingerprint density at radius 1 is 1.06 bits per heavy atom. The van der Waals surface area contributed by atoms with Crippen molar-refractivity contribution in [3.05, 3.63) is 59.5 Å². The normalized spacial score (nSPS) is 18.6. The molecule has 0 bridgehead atoms. The molecule has 178 valence electrons. The monoisotopic (exact) mass is 480 g/mol. The van der Waals surface area contributed by atoms with E-state index in [2.05, 4.69) is 10.1 Å². The lowest BCUT2D eigenvalue weighted by Crippen LogP contribution is -2.36. The van der Waals surface area contributed by atoms with Crippen LogP contribution in [0.5, 0.6) is 0 Å². The first-order valence-corrected chi connectivity index (χ1v) is 13.2. The van der Waals surface area contributed by atoms with Gasteiger partial charge in [-0.2, -0.15) is 4.98 Å². The summed E-state index contributed by atoms with van der Waals surface area (Å²) in [6.07, 6.45) is 4.81. The van der Waals surface area contributed by atoms with Gasteiger partial charge in [-0.25, -0.2) is 8.42 Å². The van der Waals surface area contributed by atoms with Crippen molar-refractivity contribution in [1.29, 1.82) is 0 Å². The minimum atomic E-state index is -3.82. The van der Waals surface area contributed by atoms with E-state index in [0.717, 1.165) is 31.2 Å². The third-order valence-corrected chi connectivity index (χ3v) is 8.70. The lowest BCUT2D eigenvalue weighted by Gasteiger charge is -2.25. The molecule has 1 atom stereocenters. The van der Waals surface area contributed by atoms with Crippen LogP contribution in [-0.2, 0) is 16.4 Å². The summed E-state index contributed by atoms with van der Waals surface area (Å²) in [4.78, 5) is 19.1. The van der Waals surface area contributed by atoms with Crippen LogP contribution < -0.4 is 4.31 Å². The second-order valence-corrected chi connectivity index (χ2v) is 10.9. The van der Waals surface area contributed by atoms with Gasteiger partial charge in [0.05, 0.1) is 10.6 Å². The number of rotatable bonds is 4. The molecule has 3 heterocycles. The number of fused-ring (bicyclic) bond motifs is 1. The Balaban J connectivity index is 1.47. The number of aromatic nitrogens is 2. The maximum absolute atomic E-state index is 13.8. The fourth-order valence-corrected chi connectivity index (χ4v) is 6.81. The number of para-hydroxylation sites is 1. The molecule has 2 aromatic carbocycles. The highest BCUT2D eigenvalue weighted by atomic mass is 32.2. The Morgan fingerprint density at radius 2 is 1.79 bits per heavy atom. The van der Waals surface area contributed by atoms with Crippen LogP contribution in [0, 0.1) is 6.92 Å². The van der Waals surface area contributed by atoms with Crippen LogP contribution in [-0.4, -0.2) is 48.5 Å². The molecule has 1 fully saturated rings. The molecule has 1 amide bonds. The summed E-state index contributed by atoms with van der Waals surface area (Å²) in [5, 5.41) is 3.98. The van der Waals surface area contributed by atoms with Gasteiger partial charge in [0.2, 0.25) is 5.82 Å². The summed E-state index contributed by atoms with van der Waals surface area (Å²) in [6.45, 7) is 5.04. The van der Waals surface area contributed by atoms with Crippen molar-refractivity contribution < 1.29 is 17.7 Å². The van der Waals surface area contributed by atoms with E-state index in [-0.39, 0.29) is 28.6 Å². The summed E-state index contributed by atoms with van der Waals surface area (Å²) in [6, 6.07) is 12.5. The molecule has 1 aromatic heterocycles. The molecule has 0 unspecified atom stereocenters. The lowest BCUT2D eigenvalue weighted by atomic mass is 10.1. The highest BCUT2D eigenvalue weighted by Gasteiger charge is 2.37. The molecule has 3 aromatic rings. The molecule has 2 aliphatic rings. The number of hydrogen-bond acceptors (Lipinski definition) is 6. The van der Waals surface area contributed by atoms with Crippen LogP contribution in [0.1, 0.15) is 54.4 Å². The number of likely N-dealkylation sites (tertiary alicyclic amines) is 1. The molecule has 5 rings (SSSR count). The summed E-state index contributed by atoms with van der Waals surface area (Å²) >= 11 is 0. The van der Waals surface area contributed by atoms with Crippen molar-refractivity contribution in [2.24, 2.45) is 0 Å². The number of carbonyl (C=O) groups is 1. The zero-order valence-corrected chi connectivity index (χ0v) is 20.2. The minimum absolute atomic E-state index is 0.0658. The average molecular weight is 481 g/mol. The molecular formula is C25H28N4O4S. The predicted octanol–water partition coefficient (Wildman–Crippen LogP) is 4.20. The molecule has 0 N–H and O–H groups in total. The van der Waals surface area contributed by atoms with E-state index in [1.54, 1.807) is 30.0 Å². The number of aryl methyl sites for hydroxylation is 1. The minimum Gasteiger partial charge on any atom is -0.334 e. The van der Waals surface area contributed by atoms with Gasteiger partial charge in [0.25, 0.3) is 10.0 Å². The van der Waals surface area contributed by atoms with Gasteiger partial charge in [-0.15, -0.1) is 0 Å². The predicted molar refractivity (Wildman–Crippen MR) is 128 cm³/mol. The van der Waals surface area contributed by atoms with Crippen molar-refractivity contribution in [2.75, 3.05) is 17.4 Å². The number of amides is 1. The first-order chi connectivity index (χ1) is 16.4. The van der Waals surface area contributed by atoms with Crippen molar-refractivity contribution in [3.8, 4) is 11.4 Å². The Labute approximate surface area is 199 Å². The standard InChI is InChI=1S/C25H28N4O4S/c1-17-11-12-20(23-26-24(33-27-23)25(30)28-13-7-3-4-8-14-28)16-22(17)34(31,32)29-18(2)15-19-9-5-6-10-21(19)29/h5-6,9-12,16,18H,3-4,7-8,13-15H2,1-2H3/t18-/m1/s1. The number of anilines is 1. The van der Waals surface area contributed by atoms with Crippen molar-refractivity contribution in [1.82, 2.24) is 15.0 Å². The molecule has 34 heavy (non-hydrogen) atoms. The maximum atomic E-state index is 13.8. The molecule has 0 saturated carbocycles. The fourth-order valence-electron chi connectivity index (χ4n) is 4.86. The first kappa shape index (κ1) is 22.6. The SMILES string of the molecule is Cc1ccc(-c2noc(C(=O)N3CCCCCC3)n2)cc1S(=O)(=O)N1c2ccccc2C[C@H]1C. The largest absolute Gasteiger partial charge is 0.334 e. The summed E-state index contributed by atoms with van der Waals surface area (Å²) in [5.74, 6) is -0.142. The molecule has 2 aliphatic heterocycles. The molecule has 0 spiro atoms. The highest BCUT2D eigenvalue weighted by molar-refractivity contribution is 7.93. The van der Waals surface area contributed by atoms with E-state index in [0.29, 0.717) is 36.3 Å². The maximum Gasteiger partial charge on any atom is 0.316 e. The zero-order chi connectivity index (χ0) is 23.9. The van der Waals surface area contributed by atoms with E-state index in [9.17, 15) is 13.2 Å². The third kappa shape index (κ3) is 3.98. The molecule has 0 radical (unpaired) electrons. The van der Waals surface area contributed by atoms with Gasteiger partial charge in [-0.05, 0) is 56.4 Å². The number of carbonyl (C=O) groups excluding carboxylic acids is 1. The number of benzene rings is 2. The van der Waals surface area contributed by atoms with Crippen LogP contribution >= 0.6 is 0 Å². The molecular weight excluding hydrogens is 452 g/mol. The van der Waals surface area contributed by atoms with E-state index in [4.69, 9.17) is 4.52 Å². The van der Waals surface area contributed by atoms with Crippen LogP contribution in [0.3, 0.4) is 0 Å². The first-order valence-electron chi connectivity index (χ1n) is 11.7. The zero-order valence-electron chi connectivity index (χ0n) is 19.4. The average Bonchev–Trinajstić information content (AvgIpc) is 3.34. The van der Waals surface area contributed by atoms with Crippen LogP contribution in [0.15, 0.2) is 51.9 Å². The van der Waals surface area contributed by atoms with E-state index in [1.807, 2.05) is 31.2 Å². The van der Waals surface area contributed by atoms with Gasteiger partial charge in [0, 0.05) is 24.7 Å². The third-order valence-electron chi connectivity index (χ3n) is 6.63. The molecule has 1 saturated heterocycles. The van der Waals surface area contributed by atoms with Crippen molar-refractivity contribution in [3.63, 3.8) is 0 Å². The Hall–Kier alpha value is -3.20.